The summed E-state index contributed by atoms with van der Waals surface area (Å²) in [4.78, 5) is 12.5. The van der Waals surface area contributed by atoms with E-state index in [4.69, 9.17) is 0 Å². The largest absolute Gasteiger partial charge is 0.417 e. The van der Waals surface area contributed by atoms with E-state index in [9.17, 15) is 13.2 Å². The van der Waals surface area contributed by atoms with Gasteiger partial charge in [-0.2, -0.15) is 13.2 Å². The predicted molar refractivity (Wildman–Crippen MR) is 152 cm³/mol. The van der Waals surface area contributed by atoms with Crippen molar-refractivity contribution < 1.29 is 13.2 Å². The Hall–Kier alpha value is -3.39. The van der Waals surface area contributed by atoms with E-state index in [2.05, 4.69) is 53.5 Å². The third kappa shape index (κ3) is 8.58. The van der Waals surface area contributed by atoms with Crippen LogP contribution in [0, 0.1) is 0 Å². The van der Waals surface area contributed by atoms with Gasteiger partial charge < -0.3 is 9.47 Å². The number of allylic oxidation sites excluding steroid dienone is 1. The van der Waals surface area contributed by atoms with Crippen LogP contribution < -0.4 is 4.90 Å². The smallest absolute Gasteiger partial charge is 0.354 e. The van der Waals surface area contributed by atoms with Crippen LogP contribution in [0.5, 0.6) is 0 Å². The number of aromatic nitrogens is 3. The fourth-order valence-electron chi connectivity index (χ4n) is 3.91. The number of pyridine rings is 1. The molecule has 2 aromatic heterocycles. The van der Waals surface area contributed by atoms with Crippen LogP contribution in [0.25, 0.3) is 11.3 Å². The molecule has 0 saturated carbocycles. The molecule has 3 heterocycles. The van der Waals surface area contributed by atoms with Gasteiger partial charge in [0, 0.05) is 57.0 Å². The molecule has 0 aliphatic carbocycles. The van der Waals surface area contributed by atoms with Crippen molar-refractivity contribution in [3.8, 4) is 5.69 Å². The fraction of sp³-hybridized carbons (Fsp3) is 0.400. The van der Waals surface area contributed by atoms with Crippen LogP contribution in [0.2, 0.25) is 0 Å². The Morgan fingerprint density at radius 3 is 2.11 bits per heavy atom. The summed E-state index contributed by atoms with van der Waals surface area (Å²) in [6.07, 6.45) is 5.30. The molecule has 0 radical (unpaired) electrons. The lowest BCUT2D eigenvalue weighted by atomic mass is 9.98. The Morgan fingerprint density at radius 2 is 1.63 bits per heavy atom. The molecule has 3 aromatic rings. The lowest BCUT2D eigenvalue weighted by Crippen LogP contribution is -2.47. The van der Waals surface area contributed by atoms with Gasteiger partial charge in [-0.05, 0) is 47.9 Å². The molecule has 4 rings (SSSR count). The Labute approximate surface area is 225 Å². The molecule has 0 atom stereocenters. The van der Waals surface area contributed by atoms with Crippen molar-refractivity contribution in [2.45, 2.75) is 47.2 Å². The van der Waals surface area contributed by atoms with Gasteiger partial charge in [0.15, 0.2) is 0 Å². The molecular formula is C30H40F3N5. The predicted octanol–water partition coefficient (Wildman–Crippen LogP) is 7.51. The van der Waals surface area contributed by atoms with Crippen molar-refractivity contribution in [2.24, 2.45) is 0 Å². The zero-order valence-electron chi connectivity index (χ0n) is 23.2. The quantitative estimate of drug-likeness (QED) is 0.311. The number of piperazine rings is 1. The van der Waals surface area contributed by atoms with Crippen LogP contribution in [0.15, 0.2) is 79.5 Å². The molecule has 1 saturated heterocycles. The maximum Gasteiger partial charge on any atom is 0.417 e. The molecule has 0 N–H and O–H groups in total. The number of hydrogen-bond acceptors (Lipinski definition) is 4. The minimum absolute atomic E-state index is 0.580. The molecule has 0 amide bonds. The Kier molecular flexibility index (Phi) is 12.3. The molecule has 206 valence electrons. The van der Waals surface area contributed by atoms with Crippen molar-refractivity contribution in [1.82, 2.24) is 19.4 Å². The maximum atomic E-state index is 12.8. The molecule has 5 nitrogen and oxygen atoms in total. The van der Waals surface area contributed by atoms with Gasteiger partial charge in [0.05, 0.1) is 11.9 Å². The normalized spacial score (nSPS) is 14.2. The number of hydrogen-bond donors (Lipinski definition) is 0. The summed E-state index contributed by atoms with van der Waals surface area (Å²) < 4.78 is 40.2. The van der Waals surface area contributed by atoms with E-state index in [1.807, 2.05) is 48.6 Å². The monoisotopic (exact) mass is 527 g/mol. The van der Waals surface area contributed by atoms with Gasteiger partial charge in [0.25, 0.3) is 0 Å². The topological polar surface area (TPSA) is 37.2 Å². The third-order valence-corrected chi connectivity index (χ3v) is 5.92. The molecular weight excluding hydrogens is 487 g/mol. The van der Waals surface area contributed by atoms with Crippen LogP contribution >= 0.6 is 0 Å². The zero-order valence-corrected chi connectivity index (χ0v) is 23.2. The van der Waals surface area contributed by atoms with E-state index in [1.165, 1.54) is 12.5 Å². The first-order valence-electron chi connectivity index (χ1n) is 13.2. The van der Waals surface area contributed by atoms with Crippen LogP contribution in [-0.4, -0.2) is 52.2 Å². The number of rotatable bonds is 6. The van der Waals surface area contributed by atoms with Gasteiger partial charge >= 0.3 is 6.18 Å². The van der Waals surface area contributed by atoms with Crippen molar-refractivity contribution in [2.75, 3.05) is 37.6 Å². The van der Waals surface area contributed by atoms with E-state index in [0.29, 0.717) is 18.9 Å². The number of nitrogens with zero attached hydrogens (tertiary/aromatic N) is 5. The SMILES string of the molecule is C=C(/C(=C\C)CN1CCN(c2ccc(C(F)(F)F)cn2)CC1)c1ccc(-n2ccnc2)cc1.CC.CCC. The van der Waals surface area contributed by atoms with E-state index < -0.39 is 11.7 Å². The first kappa shape index (κ1) is 30.8. The first-order valence-corrected chi connectivity index (χ1v) is 13.2. The second-order valence-electron chi connectivity index (χ2n) is 8.68. The lowest BCUT2D eigenvalue weighted by molar-refractivity contribution is -0.137. The van der Waals surface area contributed by atoms with Crippen molar-refractivity contribution in [3.05, 3.63) is 90.7 Å². The average molecular weight is 528 g/mol. The zero-order chi connectivity index (χ0) is 28.1. The van der Waals surface area contributed by atoms with E-state index in [1.54, 1.807) is 12.5 Å². The maximum absolute atomic E-state index is 12.8. The summed E-state index contributed by atoms with van der Waals surface area (Å²) in [5.41, 5.74) is 3.53. The van der Waals surface area contributed by atoms with Crippen molar-refractivity contribution in [3.63, 3.8) is 0 Å². The van der Waals surface area contributed by atoms with Gasteiger partial charge in [-0.3, -0.25) is 4.90 Å². The van der Waals surface area contributed by atoms with Crippen LogP contribution in [0.1, 0.15) is 52.2 Å². The van der Waals surface area contributed by atoms with E-state index in [-0.39, 0.29) is 0 Å². The molecule has 1 aliphatic rings. The Bertz CT molecular complexity index is 1110. The molecule has 38 heavy (non-hydrogen) atoms. The summed E-state index contributed by atoms with van der Waals surface area (Å²) in [6.45, 7) is 18.4. The van der Waals surface area contributed by atoms with Crippen molar-refractivity contribution >= 4 is 11.4 Å². The number of alkyl halides is 3. The van der Waals surface area contributed by atoms with Gasteiger partial charge in [0.2, 0.25) is 0 Å². The highest BCUT2D eigenvalue weighted by Crippen LogP contribution is 2.30. The number of anilines is 1. The van der Waals surface area contributed by atoms with Crippen LogP contribution in [-0.2, 0) is 6.18 Å². The highest BCUT2D eigenvalue weighted by molar-refractivity contribution is 5.78. The highest BCUT2D eigenvalue weighted by Gasteiger charge is 2.31. The fourth-order valence-corrected chi connectivity index (χ4v) is 3.91. The summed E-state index contributed by atoms with van der Waals surface area (Å²) in [5.74, 6) is 0.580. The van der Waals surface area contributed by atoms with Crippen LogP contribution in [0.4, 0.5) is 19.0 Å². The number of benzene rings is 1. The van der Waals surface area contributed by atoms with Crippen molar-refractivity contribution in [1.29, 1.82) is 0 Å². The molecule has 1 aromatic carbocycles. The standard InChI is InChI=1S/C25H26F3N5.C3H8.C2H6/c1-3-20(19(2)21-4-7-23(8-5-21)33-11-10-29-18-33)17-31-12-14-32(15-13-31)24-9-6-22(16-30-24)25(26,27)28;1-3-2;1-2/h3-11,16,18H,2,12-15,17H2,1H3;3H2,1-2H3;1-2H3/b20-3-;;. The van der Waals surface area contributed by atoms with Gasteiger partial charge in [-0.25, -0.2) is 9.97 Å². The lowest BCUT2D eigenvalue weighted by Gasteiger charge is -2.36. The summed E-state index contributed by atoms with van der Waals surface area (Å²) >= 11 is 0. The van der Waals surface area contributed by atoms with Gasteiger partial charge in [0.1, 0.15) is 5.82 Å². The molecule has 0 bridgehead atoms. The highest BCUT2D eigenvalue weighted by atomic mass is 19.4. The van der Waals surface area contributed by atoms with E-state index in [0.717, 1.165) is 54.3 Å². The Morgan fingerprint density at radius 1 is 1.00 bits per heavy atom. The minimum atomic E-state index is -4.37. The summed E-state index contributed by atoms with van der Waals surface area (Å²) in [7, 11) is 0. The summed E-state index contributed by atoms with van der Waals surface area (Å²) in [5, 5.41) is 0. The first-order chi connectivity index (χ1) is 18.3. The van der Waals surface area contributed by atoms with Crippen LogP contribution in [0.3, 0.4) is 0 Å². The molecule has 1 fully saturated rings. The molecule has 1 aliphatic heterocycles. The van der Waals surface area contributed by atoms with E-state index >= 15 is 0 Å². The minimum Gasteiger partial charge on any atom is -0.354 e. The second kappa shape index (κ2) is 15.1. The number of halogens is 3. The third-order valence-electron chi connectivity index (χ3n) is 5.92. The molecule has 8 heteroatoms. The van der Waals surface area contributed by atoms with Gasteiger partial charge in [-0.1, -0.05) is 58.9 Å². The molecule has 0 unspecified atom stereocenters. The Balaban J connectivity index is 0.000000947. The average Bonchev–Trinajstić information content (AvgIpc) is 3.48. The molecule has 0 spiro atoms. The second-order valence-corrected chi connectivity index (χ2v) is 8.68. The number of imidazole rings is 1. The van der Waals surface area contributed by atoms with Gasteiger partial charge in [-0.15, -0.1) is 0 Å². The summed E-state index contributed by atoms with van der Waals surface area (Å²) in [6, 6.07) is 10.8.